The summed E-state index contributed by atoms with van der Waals surface area (Å²) in [5.74, 6) is 0.534. The Hall–Kier alpha value is -1.23. The highest BCUT2D eigenvalue weighted by Crippen LogP contribution is 2.44. The lowest BCUT2D eigenvalue weighted by Crippen LogP contribution is -2.42. The van der Waals surface area contributed by atoms with Crippen LogP contribution in [0.15, 0.2) is 12.1 Å². The molecule has 0 aliphatic heterocycles. The van der Waals surface area contributed by atoms with Gasteiger partial charge in [-0.3, -0.25) is 0 Å². The number of hydrogen-bond donors (Lipinski definition) is 1. The van der Waals surface area contributed by atoms with Gasteiger partial charge in [0.25, 0.3) is 0 Å². The summed E-state index contributed by atoms with van der Waals surface area (Å²) < 4.78 is 45.0. The van der Waals surface area contributed by atoms with Crippen LogP contribution in [-0.4, -0.2) is 17.9 Å². The van der Waals surface area contributed by atoms with Crippen molar-refractivity contribution >= 4 is 0 Å². The molecular weight excluding hydrogens is 269 g/mol. The molecule has 0 aliphatic carbocycles. The quantitative estimate of drug-likeness (QED) is 0.878. The Morgan fingerprint density at radius 1 is 1.10 bits per heavy atom. The molecule has 1 atom stereocenters. The molecule has 1 aromatic carbocycles. The molecule has 0 aromatic heterocycles. The van der Waals surface area contributed by atoms with Crippen molar-refractivity contribution in [3.05, 3.63) is 28.8 Å². The van der Waals surface area contributed by atoms with Crippen LogP contribution < -0.4 is 4.74 Å². The molecule has 0 fully saturated rings. The van der Waals surface area contributed by atoms with Crippen molar-refractivity contribution < 1.29 is 23.0 Å². The predicted molar refractivity (Wildman–Crippen MR) is 71.9 cm³/mol. The third kappa shape index (κ3) is 3.08. The predicted octanol–water partition coefficient (Wildman–Crippen LogP) is 4.25. The number of rotatable bonds is 5. The Bertz CT molecular complexity index is 446. The molecule has 0 spiro atoms. The lowest BCUT2D eigenvalue weighted by molar-refractivity contribution is -0.268. The topological polar surface area (TPSA) is 29.5 Å². The van der Waals surface area contributed by atoms with Gasteiger partial charge in [-0.05, 0) is 55.5 Å². The maximum Gasteiger partial charge on any atom is 0.421 e. The number of halogens is 3. The molecule has 2 nitrogen and oxygen atoms in total. The molecule has 20 heavy (non-hydrogen) atoms. The highest BCUT2D eigenvalue weighted by molar-refractivity contribution is 5.45. The molecule has 0 aliphatic rings. The molecule has 1 N–H and O–H groups in total. The molecule has 0 heterocycles. The van der Waals surface area contributed by atoms with Gasteiger partial charge in [0.05, 0.1) is 6.61 Å². The molecule has 1 aromatic rings. The number of hydrogen-bond acceptors (Lipinski definition) is 2. The number of ether oxygens (including phenoxy) is 1. The summed E-state index contributed by atoms with van der Waals surface area (Å²) in [6.07, 6.45) is -4.31. The molecule has 0 bridgehead atoms. The van der Waals surface area contributed by atoms with Crippen molar-refractivity contribution in [3.63, 3.8) is 0 Å². The van der Waals surface area contributed by atoms with Crippen LogP contribution in [0.5, 0.6) is 5.75 Å². The first-order chi connectivity index (χ1) is 9.17. The van der Waals surface area contributed by atoms with Crippen molar-refractivity contribution in [2.45, 2.75) is 52.3 Å². The van der Waals surface area contributed by atoms with E-state index in [1.54, 1.807) is 26.0 Å². The average Bonchev–Trinajstić information content (AvgIpc) is 2.33. The highest BCUT2D eigenvalue weighted by Gasteiger charge is 2.54. The minimum absolute atomic E-state index is 0.0728. The van der Waals surface area contributed by atoms with E-state index in [1.165, 1.54) is 6.92 Å². The van der Waals surface area contributed by atoms with Gasteiger partial charge in [-0.15, -0.1) is 0 Å². The van der Waals surface area contributed by atoms with E-state index in [2.05, 4.69) is 0 Å². The molecule has 0 amide bonds. The Morgan fingerprint density at radius 3 is 1.95 bits per heavy atom. The number of alkyl halides is 3. The Morgan fingerprint density at radius 2 is 1.60 bits per heavy atom. The van der Waals surface area contributed by atoms with Gasteiger partial charge in [-0.25, -0.2) is 0 Å². The molecule has 5 heteroatoms. The SMILES string of the molecule is CCCOc1cc(C)c(C(O)(CC)C(F)(F)F)c(C)c1. The van der Waals surface area contributed by atoms with Crippen LogP contribution in [0.3, 0.4) is 0 Å². The van der Waals surface area contributed by atoms with E-state index in [4.69, 9.17) is 4.74 Å². The second-order valence-electron chi connectivity index (χ2n) is 4.99. The van der Waals surface area contributed by atoms with Gasteiger partial charge >= 0.3 is 6.18 Å². The number of aryl methyl sites for hydroxylation is 2. The van der Waals surface area contributed by atoms with E-state index in [-0.39, 0.29) is 5.56 Å². The van der Waals surface area contributed by atoms with Crippen molar-refractivity contribution in [2.75, 3.05) is 6.61 Å². The van der Waals surface area contributed by atoms with Crippen LogP contribution >= 0.6 is 0 Å². The van der Waals surface area contributed by atoms with Gasteiger partial charge in [0.1, 0.15) is 5.75 Å². The maximum atomic E-state index is 13.2. The van der Waals surface area contributed by atoms with E-state index < -0.39 is 18.2 Å². The Balaban J connectivity index is 3.32. The van der Waals surface area contributed by atoms with E-state index in [0.717, 1.165) is 6.42 Å². The third-order valence-corrected chi connectivity index (χ3v) is 3.37. The van der Waals surface area contributed by atoms with E-state index in [0.29, 0.717) is 23.5 Å². The zero-order chi connectivity index (χ0) is 15.6. The van der Waals surface area contributed by atoms with E-state index >= 15 is 0 Å². The first-order valence-corrected chi connectivity index (χ1v) is 6.71. The van der Waals surface area contributed by atoms with Crippen molar-refractivity contribution in [1.82, 2.24) is 0 Å². The molecule has 1 rings (SSSR count). The van der Waals surface area contributed by atoms with Crippen LogP contribution in [0, 0.1) is 13.8 Å². The molecule has 0 saturated carbocycles. The summed E-state index contributed by atoms with van der Waals surface area (Å²) in [5, 5.41) is 10.1. The van der Waals surface area contributed by atoms with Crippen molar-refractivity contribution in [3.8, 4) is 5.75 Å². The van der Waals surface area contributed by atoms with Crippen LogP contribution in [0.4, 0.5) is 13.2 Å². The zero-order valence-electron chi connectivity index (χ0n) is 12.3. The first kappa shape index (κ1) is 16.8. The zero-order valence-corrected chi connectivity index (χ0v) is 12.3. The summed E-state index contributed by atoms with van der Waals surface area (Å²) in [6, 6.07) is 3.09. The van der Waals surface area contributed by atoms with Crippen LogP contribution in [0.2, 0.25) is 0 Å². The van der Waals surface area contributed by atoms with E-state index in [9.17, 15) is 18.3 Å². The largest absolute Gasteiger partial charge is 0.494 e. The fourth-order valence-electron chi connectivity index (χ4n) is 2.40. The van der Waals surface area contributed by atoms with Crippen LogP contribution in [0.1, 0.15) is 43.4 Å². The van der Waals surface area contributed by atoms with Crippen molar-refractivity contribution in [1.29, 1.82) is 0 Å². The highest BCUT2D eigenvalue weighted by atomic mass is 19.4. The summed E-state index contributed by atoms with van der Waals surface area (Å²) in [4.78, 5) is 0. The van der Waals surface area contributed by atoms with Crippen LogP contribution in [-0.2, 0) is 5.60 Å². The van der Waals surface area contributed by atoms with Gasteiger partial charge in [0.15, 0.2) is 5.60 Å². The van der Waals surface area contributed by atoms with Gasteiger partial charge < -0.3 is 9.84 Å². The molecule has 114 valence electrons. The second-order valence-corrected chi connectivity index (χ2v) is 4.99. The average molecular weight is 290 g/mol. The molecule has 0 saturated heterocycles. The molecular formula is C15H21F3O2. The summed E-state index contributed by atoms with van der Waals surface area (Å²) in [6.45, 7) is 6.91. The smallest absolute Gasteiger partial charge is 0.421 e. The Kier molecular flexibility index (Phi) is 5.08. The lowest BCUT2D eigenvalue weighted by Gasteiger charge is -2.32. The fourth-order valence-corrected chi connectivity index (χ4v) is 2.40. The fraction of sp³-hybridized carbons (Fsp3) is 0.600. The number of aliphatic hydroxyl groups is 1. The van der Waals surface area contributed by atoms with Gasteiger partial charge in [0.2, 0.25) is 0 Å². The monoisotopic (exact) mass is 290 g/mol. The second kappa shape index (κ2) is 6.04. The minimum Gasteiger partial charge on any atom is -0.494 e. The normalized spacial score (nSPS) is 15.0. The van der Waals surface area contributed by atoms with Gasteiger partial charge in [-0.2, -0.15) is 13.2 Å². The van der Waals surface area contributed by atoms with Crippen molar-refractivity contribution in [2.24, 2.45) is 0 Å². The molecule has 0 radical (unpaired) electrons. The third-order valence-electron chi connectivity index (χ3n) is 3.37. The standard InChI is InChI=1S/C15H21F3O2/c1-5-7-20-12-8-10(3)13(11(4)9-12)14(19,6-2)15(16,17)18/h8-9,19H,5-7H2,1-4H3. The minimum atomic E-state index is -4.71. The van der Waals surface area contributed by atoms with Gasteiger partial charge in [0, 0.05) is 0 Å². The van der Waals surface area contributed by atoms with Gasteiger partial charge in [-0.1, -0.05) is 13.8 Å². The maximum absolute atomic E-state index is 13.2. The van der Waals surface area contributed by atoms with E-state index in [1.807, 2.05) is 6.92 Å². The number of benzene rings is 1. The Labute approximate surface area is 117 Å². The van der Waals surface area contributed by atoms with Crippen LogP contribution in [0.25, 0.3) is 0 Å². The summed E-state index contributed by atoms with van der Waals surface area (Å²) >= 11 is 0. The first-order valence-electron chi connectivity index (χ1n) is 6.71. The summed E-state index contributed by atoms with van der Waals surface area (Å²) in [7, 11) is 0. The summed E-state index contributed by atoms with van der Waals surface area (Å²) in [5.41, 5.74) is -2.11. The molecule has 1 unspecified atom stereocenters. The lowest BCUT2D eigenvalue weighted by atomic mass is 9.84.